The molecule has 2 nitrogen and oxygen atoms in total. The zero-order chi connectivity index (χ0) is 27.6. The Bertz CT molecular complexity index is 1670. The fourth-order valence-electron chi connectivity index (χ4n) is 4.51. The van der Waals surface area contributed by atoms with Gasteiger partial charge in [0.05, 0.1) is 0 Å². The average Bonchev–Trinajstić information content (AvgIpc) is 3.32. The zero-order valence-corrected chi connectivity index (χ0v) is 27.1. The predicted octanol–water partition coefficient (Wildman–Crippen LogP) is 10.1. The number of hydrogen-bond acceptors (Lipinski definition) is 3. The van der Waals surface area contributed by atoms with Gasteiger partial charge in [0.2, 0.25) is 0 Å². The third-order valence-electron chi connectivity index (χ3n) is 6.83. The molecule has 4 heteroatoms. The normalized spacial score (nSPS) is 11.6. The van der Waals surface area contributed by atoms with Crippen LogP contribution in [0.5, 0.6) is 0 Å². The number of fused-ring (bicyclic) bond motifs is 3. The molecule has 0 aliphatic rings. The third kappa shape index (κ3) is 6.58. The summed E-state index contributed by atoms with van der Waals surface area (Å²) in [6.45, 7) is 13.5. The van der Waals surface area contributed by atoms with E-state index in [2.05, 4.69) is 100 Å². The van der Waals surface area contributed by atoms with Crippen LogP contribution in [0.4, 0.5) is 0 Å². The number of rotatable bonds is 2. The van der Waals surface area contributed by atoms with Crippen molar-refractivity contribution in [2.75, 3.05) is 0 Å². The van der Waals surface area contributed by atoms with Crippen molar-refractivity contribution in [3.8, 4) is 22.5 Å². The number of pyridine rings is 2. The van der Waals surface area contributed by atoms with E-state index in [1.54, 1.807) is 6.20 Å². The largest absolute Gasteiger partial charge is 0.305 e. The minimum atomic E-state index is 0. The van der Waals surface area contributed by atoms with Crippen LogP contribution in [0.1, 0.15) is 52.7 Å². The summed E-state index contributed by atoms with van der Waals surface area (Å²) in [4.78, 5) is 8.89. The van der Waals surface area contributed by atoms with Gasteiger partial charge in [-0.3, -0.25) is 0 Å². The second-order valence-corrected chi connectivity index (χ2v) is 12.9. The molecule has 0 spiro atoms. The van der Waals surface area contributed by atoms with Crippen LogP contribution in [-0.4, -0.2) is 9.97 Å². The number of benzene rings is 3. The number of thiophene rings is 1. The van der Waals surface area contributed by atoms with Gasteiger partial charge in [0.25, 0.3) is 0 Å². The molecule has 3 aromatic heterocycles. The first-order chi connectivity index (χ1) is 18.6. The molecule has 0 fully saturated rings. The molecule has 6 aromatic rings. The molecule has 205 valence electrons. The van der Waals surface area contributed by atoms with E-state index in [4.69, 9.17) is 0 Å². The predicted molar refractivity (Wildman–Crippen MR) is 167 cm³/mol. The van der Waals surface area contributed by atoms with Gasteiger partial charge in [-0.1, -0.05) is 77.3 Å². The van der Waals surface area contributed by atoms with Gasteiger partial charge in [-0.2, -0.15) is 11.3 Å². The van der Waals surface area contributed by atoms with Crippen LogP contribution in [0.3, 0.4) is 0 Å². The molecule has 0 bridgehead atoms. The SMILES string of the molecule is CC(C)(C)c1ccnc(-c2[c-]ccc3c2sc2ccc(C(C)(C)C)cc23)c1.[Ir].[c-]1ccccc1-c1ccccn1. The topological polar surface area (TPSA) is 25.8 Å². The van der Waals surface area contributed by atoms with Gasteiger partial charge < -0.3 is 9.97 Å². The van der Waals surface area contributed by atoms with Crippen molar-refractivity contribution in [3.05, 3.63) is 121 Å². The van der Waals surface area contributed by atoms with Crippen molar-refractivity contribution in [1.82, 2.24) is 9.97 Å². The summed E-state index contributed by atoms with van der Waals surface area (Å²) in [6.07, 6.45) is 3.71. The molecular formula is C36H34IrN2S-2. The molecule has 3 heterocycles. The summed E-state index contributed by atoms with van der Waals surface area (Å²) in [5.74, 6) is 0. The molecule has 0 saturated carbocycles. The molecule has 0 amide bonds. The molecule has 0 N–H and O–H groups in total. The van der Waals surface area contributed by atoms with Gasteiger partial charge in [0, 0.05) is 37.2 Å². The second kappa shape index (κ2) is 12.1. The third-order valence-corrected chi connectivity index (χ3v) is 8.03. The first-order valence-electron chi connectivity index (χ1n) is 13.3. The van der Waals surface area contributed by atoms with E-state index in [1.165, 1.54) is 31.3 Å². The summed E-state index contributed by atoms with van der Waals surface area (Å²) >= 11 is 1.84. The zero-order valence-electron chi connectivity index (χ0n) is 23.9. The van der Waals surface area contributed by atoms with Crippen LogP contribution in [0.15, 0.2) is 97.3 Å². The van der Waals surface area contributed by atoms with Crippen LogP contribution in [0.25, 0.3) is 42.7 Å². The molecule has 6 rings (SSSR count). The molecule has 0 aliphatic heterocycles. The molecule has 0 saturated heterocycles. The molecule has 0 atom stereocenters. The van der Waals surface area contributed by atoms with Gasteiger partial charge in [-0.05, 0) is 61.6 Å². The fraction of sp³-hybridized carbons (Fsp3) is 0.222. The van der Waals surface area contributed by atoms with Gasteiger partial charge in [0.15, 0.2) is 0 Å². The number of aromatic nitrogens is 2. The Kier molecular flexibility index (Phi) is 9.05. The summed E-state index contributed by atoms with van der Waals surface area (Å²) in [5.41, 5.74) is 7.05. The smallest absolute Gasteiger partial charge is 0.0239 e. The summed E-state index contributed by atoms with van der Waals surface area (Å²) in [6, 6.07) is 35.7. The Morgan fingerprint density at radius 2 is 1.35 bits per heavy atom. The minimum absolute atomic E-state index is 0. The van der Waals surface area contributed by atoms with E-state index in [0.29, 0.717) is 0 Å². The van der Waals surface area contributed by atoms with E-state index >= 15 is 0 Å². The van der Waals surface area contributed by atoms with Crippen molar-refractivity contribution in [2.24, 2.45) is 0 Å². The van der Waals surface area contributed by atoms with E-state index in [0.717, 1.165) is 22.5 Å². The van der Waals surface area contributed by atoms with E-state index in [9.17, 15) is 0 Å². The molecule has 0 aliphatic carbocycles. The van der Waals surface area contributed by atoms with Crippen molar-refractivity contribution in [2.45, 2.75) is 52.4 Å². The molecular weight excluding hydrogens is 685 g/mol. The first-order valence-corrected chi connectivity index (χ1v) is 14.2. The maximum atomic E-state index is 4.68. The summed E-state index contributed by atoms with van der Waals surface area (Å²) in [5, 5.41) is 2.64. The monoisotopic (exact) mass is 719 g/mol. The van der Waals surface area contributed by atoms with Gasteiger partial charge in [-0.15, -0.1) is 59.7 Å². The summed E-state index contributed by atoms with van der Waals surface area (Å²) < 4.78 is 2.60. The summed E-state index contributed by atoms with van der Waals surface area (Å²) in [7, 11) is 0. The first kappa shape index (κ1) is 29.8. The van der Waals surface area contributed by atoms with Crippen LogP contribution in [-0.2, 0) is 30.9 Å². The fourth-order valence-corrected chi connectivity index (χ4v) is 5.70. The van der Waals surface area contributed by atoms with Crippen molar-refractivity contribution in [3.63, 3.8) is 0 Å². The van der Waals surface area contributed by atoms with Gasteiger partial charge in [0.1, 0.15) is 0 Å². The van der Waals surface area contributed by atoms with Gasteiger partial charge >= 0.3 is 0 Å². The number of hydrogen-bond donors (Lipinski definition) is 0. The molecule has 3 aromatic carbocycles. The Balaban J connectivity index is 0.000000238. The Morgan fingerprint density at radius 3 is 2.02 bits per heavy atom. The Labute approximate surface area is 255 Å². The minimum Gasteiger partial charge on any atom is -0.305 e. The van der Waals surface area contributed by atoms with E-state index in [-0.39, 0.29) is 30.9 Å². The van der Waals surface area contributed by atoms with Crippen LogP contribution < -0.4 is 0 Å². The maximum Gasteiger partial charge on any atom is 0.0239 e. The van der Waals surface area contributed by atoms with Crippen LogP contribution in [0.2, 0.25) is 0 Å². The van der Waals surface area contributed by atoms with E-state index in [1.807, 2.05) is 66.1 Å². The number of nitrogens with zero attached hydrogens (tertiary/aromatic N) is 2. The van der Waals surface area contributed by atoms with Crippen molar-refractivity contribution < 1.29 is 20.1 Å². The standard InChI is InChI=1S/C25H26NS.C11H8N.Ir/c1-24(2,3)16-10-11-22-20(14-16)18-8-7-9-19(23(18)27-22)21-15-17(12-13-26-21)25(4,5)6;1-2-6-10(7-3-1)11-8-4-5-9-12-11;/h7-8,10-15H,1-6H3;1-6,8-9H;/q2*-1;. The molecule has 40 heavy (non-hydrogen) atoms. The van der Waals surface area contributed by atoms with E-state index < -0.39 is 0 Å². The average molecular weight is 719 g/mol. The van der Waals surface area contributed by atoms with Crippen molar-refractivity contribution in [1.29, 1.82) is 0 Å². The Morgan fingerprint density at radius 1 is 0.625 bits per heavy atom. The quantitative estimate of drug-likeness (QED) is 0.167. The molecule has 0 unspecified atom stereocenters. The molecule has 1 radical (unpaired) electrons. The van der Waals surface area contributed by atoms with Gasteiger partial charge in [-0.25, -0.2) is 0 Å². The second-order valence-electron chi connectivity index (χ2n) is 11.8. The van der Waals surface area contributed by atoms with Crippen LogP contribution in [0, 0.1) is 12.1 Å². The van der Waals surface area contributed by atoms with Crippen LogP contribution >= 0.6 is 11.3 Å². The maximum absolute atomic E-state index is 4.68. The van der Waals surface area contributed by atoms with Crippen molar-refractivity contribution >= 4 is 31.5 Å². The Hall–Kier alpha value is -3.17.